The molecule has 5 nitrogen and oxygen atoms in total. The van der Waals surface area contributed by atoms with Crippen LogP contribution in [0.3, 0.4) is 0 Å². The summed E-state index contributed by atoms with van der Waals surface area (Å²) in [6, 6.07) is 11.1. The van der Waals surface area contributed by atoms with Crippen molar-refractivity contribution >= 4 is 21.6 Å². The van der Waals surface area contributed by atoms with E-state index in [1.807, 2.05) is 19.9 Å². The number of hydrogen-bond acceptors (Lipinski definition) is 5. The SMILES string of the molecule is CCOC(=O)C(C(=O)c1ccc(S(C)(=O)=O)cc1)c1cc(C)cc(C)c1. The number of aryl methyl sites for hydroxylation is 2. The Morgan fingerprint density at radius 3 is 2.00 bits per heavy atom. The second kappa shape index (κ2) is 7.83. The fourth-order valence-electron chi connectivity index (χ4n) is 2.83. The van der Waals surface area contributed by atoms with E-state index in [-0.39, 0.29) is 17.1 Å². The van der Waals surface area contributed by atoms with Gasteiger partial charge in [-0.2, -0.15) is 0 Å². The normalized spacial score (nSPS) is 12.5. The number of benzene rings is 2. The van der Waals surface area contributed by atoms with Gasteiger partial charge in [-0.05, 0) is 38.5 Å². The lowest BCUT2D eigenvalue weighted by Gasteiger charge is -2.16. The van der Waals surface area contributed by atoms with Crippen molar-refractivity contribution in [1.29, 1.82) is 0 Å². The van der Waals surface area contributed by atoms with Gasteiger partial charge < -0.3 is 4.74 Å². The Bertz CT molecular complexity index is 907. The van der Waals surface area contributed by atoms with Gasteiger partial charge in [0, 0.05) is 11.8 Å². The fourth-order valence-corrected chi connectivity index (χ4v) is 3.46. The van der Waals surface area contributed by atoms with Crippen LogP contribution in [0.15, 0.2) is 47.4 Å². The second-order valence-electron chi connectivity index (χ2n) is 6.27. The van der Waals surface area contributed by atoms with Gasteiger partial charge >= 0.3 is 5.97 Å². The third-order valence-electron chi connectivity index (χ3n) is 3.93. The summed E-state index contributed by atoms with van der Waals surface area (Å²) in [7, 11) is -3.36. The molecule has 0 saturated carbocycles. The van der Waals surface area contributed by atoms with E-state index in [2.05, 4.69) is 0 Å². The molecular formula is C20H22O5S. The molecule has 0 aliphatic heterocycles. The van der Waals surface area contributed by atoms with Gasteiger partial charge in [-0.1, -0.05) is 41.5 Å². The molecule has 0 spiro atoms. The van der Waals surface area contributed by atoms with Crippen LogP contribution in [0.5, 0.6) is 0 Å². The number of hydrogen-bond donors (Lipinski definition) is 0. The minimum absolute atomic E-state index is 0.119. The first-order chi connectivity index (χ1) is 12.1. The molecular weight excluding hydrogens is 352 g/mol. The first kappa shape index (κ1) is 19.8. The quantitative estimate of drug-likeness (QED) is 0.441. The molecule has 6 heteroatoms. The first-order valence-corrected chi connectivity index (χ1v) is 10.1. The minimum atomic E-state index is -3.36. The summed E-state index contributed by atoms with van der Waals surface area (Å²) >= 11 is 0. The van der Waals surface area contributed by atoms with Crippen LogP contribution in [0, 0.1) is 13.8 Å². The van der Waals surface area contributed by atoms with Gasteiger partial charge in [0.15, 0.2) is 15.6 Å². The molecule has 0 heterocycles. The molecule has 1 unspecified atom stereocenters. The lowest BCUT2D eigenvalue weighted by molar-refractivity contribution is -0.143. The standard InChI is InChI=1S/C20H22O5S/c1-5-25-20(22)18(16-11-13(2)10-14(3)12-16)19(21)15-6-8-17(9-7-15)26(4,23)24/h6-12,18H,5H2,1-4H3. The summed E-state index contributed by atoms with van der Waals surface area (Å²) in [5.74, 6) is -2.12. The highest BCUT2D eigenvalue weighted by Gasteiger charge is 2.31. The summed E-state index contributed by atoms with van der Waals surface area (Å²) in [5.41, 5.74) is 2.71. The van der Waals surface area contributed by atoms with Gasteiger partial charge in [-0.15, -0.1) is 0 Å². The Kier molecular flexibility index (Phi) is 5.97. The van der Waals surface area contributed by atoms with E-state index in [4.69, 9.17) is 4.74 Å². The zero-order valence-electron chi connectivity index (χ0n) is 15.3. The maximum absolute atomic E-state index is 13.0. The Morgan fingerprint density at radius 2 is 1.54 bits per heavy atom. The predicted octanol–water partition coefficient (Wildman–Crippen LogP) is 3.24. The summed E-state index contributed by atoms with van der Waals surface area (Å²) in [4.78, 5) is 25.6. The van der Waals surface area contributed by atoms with Gasteiger partial charge in [0.05, 0.1) is 11.5 Å². The molecule has 0 radical (unpaired) electrons. The Hall–Kier alpha value is -2.47. The molecule has 2 aromatic carbocycles. The molecule has 1 atom stereocenters. The monoisotopic (exact) mass is 374 g/mol. The van der Waals surface area contributed by atoms with E-state index >= 15 is 0 Å². The van der Waals surface area contributed by atoms with Crippen molar-refractivity contribution in [3.8, 4) is 0 Å². The Balaban J connectivity index is 2.48. The topological polar surface area (TPSA) is 77.5 Å². The zero-order valence-corrected chi connectivity index (χ0v) is 16.1. The average molecular weight is 374 g/mol. The lowest BCUT2D eigenvalue weighted by atomic mass is 9.89. The van der Waals surface area contributed by atoms with E-state index in [0.717, 1.165) is 17.4 Å². The molecule has 0 N–H and O–H groups in total. The third-order valence-corrected chi connectivity index (χ3v) is 5.06. The van der Waals surface area contributed by atoms with Crippen LogP contribution in [0.25, 0.3) is 0 Å². The van der Waals surface area contributed by atoms with E-state index in [1.165, 1.54) is 24.3 Å². The Labute approximate surface area is 153 Å². The molecule has 0 saturated heterocycles. The van der Waals surface area contributed by atoms with Crippen molar-refractivity contribution in [2.24, 2.45) is 0 Å². The number of rotatable bonds is 6. The minimum Gasteiger partial charge on any atom is -0.465 e. The first-order valence-electron chi connectivity index (χ1n) is 8.22. The number of carbonyl (C=O) groups excluding carboxylic acids is 2. The number of ether oxygens (including phenoxy) is 1. The molecule has 26 heavy (non-hydrogen) atoms. The van der Waals surface area contributed by atoms with Crippen molar-refractivity contribution in [2.75, 3.05) is 12.9 Å². The van der Waals surface area contributed by atoms with Gasteiger partial charge in [-0.3, -0.25) is 9.59 Å². The van der Waals surface area contributed by atoms with Crippen molar-refractivity contribution in [3.63, 3.8) is 0 Å². The molecule has 2 aromatic rings. The van der Waals surface area contributed by atoms with Crippen molar-refractivity contribution in [3.05, 3.63) is 64.7 Å². The second-order valence-corrected chi connectivity index (χ2v) is 8.28. The van der Waals surface area contributed by atoms with E-state index in [1.54, 1.807) is 19.1 Å². The van der Waals surface area contributed by atoms with Gasteiger partial charge in [0.2, 0.25) is 0 Å². The number of ketones is 1. The largest absolute Gasteiger partial charge is 0.465 e. The third kappa shape index (κ3) is 4.58. The van der Waals surface area contributed by atoms with Gasteiger partial charge in [0.1, 0.15) is 5.92 Å². The summed E-state index contributed by atoms with van der Waals surface area (Å²) < 4.78 is 28.3. The number of Topliss-reactive ketones (excluding diaryl/α,β-unsaturated/α-hetero) is 1. The molecule has 0 aliphatic carbocycles. The van der Waals surface area contributed by atoms with Crippen molar-refractivity contribution in [1.82, 2.24) is 0 Å². The van der Waals surface area contributed by atoms with Gasteiger partial charge in [0.25, 0.3) is 0 Å². The maximum atomic E-state index is 13.0. The highest BCUT2D eigenvalue weighted by Crippen LogP contribution is 2.25. The molecule has 0 bridgehead atoms. The van der Waals surface area contributed by atoms with Crippen LogP contribution in [0.2, 0.25) is 0 Å². The fraction of sp³-hybridized carbons (Fsp3) is 0.300. The smallest absolute Gasteiger partial charge is 0.321 e. The average Bonchev–Trinajstić information content (AvgIpc) is 2.53. The molecule has 2 rings (SSSR count). The molecule has 0 aromatic heterocycles. The van der Waals surface area contributed by atoms with Crippen LogP contribution in [0.4, 0.5) is 0 Å². The Morgan fingerprint density at radius 1 is 1.00 bits per heavy atom. The maximum Gasteiger partial charge on any atom is 0.321 e. The predicted molar refractivity (Wildman–Crippen MR) is 99.2 cm³/mol. The van der Waals surface area contributed by atoms with Crippen LogP contribution in [-0.4, -0.2) is 33.0 Å². The van der Waals surface area contributed by atoms with E-state index in [0.29, 0.717) is 5.56 Å². The van der Waals surface area contributed by atoms with Crippen LogP contribution in [0.1, 0.15) is 39.9 Å². The number of sulfone groups is 1. The molecule has 138 valence electrons. The van der Waals surface area contributed by atoms with Gasteiger partial charge in [-0.25, -0.2) is 8.42 Å². The summed E-state index contributed by atoms with van der Waals surface area (Å²) in [6.45, 7) is 5.64. The number of carbonyl (C=O) groups is 2. The van der Waals surface area contributed by atoms with E-state index in [9.17, 15) is 18.0 Å². The highest BCUT2D eigenvalue weighted by molar-refractivity contribution is 7.90. The van der Waals surface area contributed by atoms with Crippen molar-refractivity contribution < 1.29 is 22.7 Å². The van der Waals surface area contributed by atoms with Crippen LogP contribution >= 0.6 is 0 Å². The summed E-state index contributed by atoms with van der Waals surface area (Å²) in [6.07, 6.45) is 1.10. The molecule has 0 amide bonds. The highest BCUT2D eigenvalue weighted by atomic mass is 32.2. The molecule has 0 fully saturated rings. The lowest BCUT2D eigenvalue weighted by Crippen LogP contribution is -2.24. The van der Waals surface area contributed by atoms with Crippen LogP contribution in [-0.2, 0) is 19.4 Å². The molecule has 0 aliphatic rings. The zero-order chi connectivity index (χ0) is 19.5. The van der Waals surface area contributed by atoms with E-state index < -0.39 is 27.5 Å². The van der Waals surface area contributed by atoms with Crippen molar-refractivity contribution in [2.45, 2.75) is 31.6 Å². The van der Waals surface area contributed by atoms with Crippen LogP contribution < -0.4 is 0 Å². The summed E-state index contributed by atoms with van der Waals surface area (Å²) in [5, 5.41) is 0. The number of esters is 1.